The first-order valence-electron chi connectivity index (χ1n) is 8.86. The second-order valence-corrected chi connectivity index (χ2v) is 7.42. The van der Waals surface area contributed by atoms with E-state index in [4.69, 9.17) is 9.47 Å². The van der Waals surface area contributed by atoms with Gasteiger partial charge in [0.1, 0.15) is 0 Å². The van der Waals surface area contributed by atoms with Crippen molar-refractivity contribution in [1.29, 1.82) is 0 Å². The fraction of sp³-hybridized carbons (Fsp3) is 0.200. The van der Waals surface area contributed by atoms with E-state index in [-0.39, 0.29) is 24.2 Å². The number of Topliss-reactive ketones (excluding diaryl/α,β-unsaturated/α-hetero) is 1. The van der Waals surface area contributed by atoms with Gasteiger partial charge in [-0.1, -0.05) is 41.6 Å². The van der Waals surface area contributed by atoms with Crippen molar-refractivity contribution in [1.82, 2.24) is 15.2 Å². The Morgan fingerprint density at radius 2 is 1.90 bits per heavy atom. The summed E-state index contributed by atoms with van der Waals surface area (Å²) >= 11 is 1.20. The van der Waals surface area contributed by atoms with Crippen molar-refractivity contribution >= 4 is 29.1 Å². The average molecular weight is 410 g/mol. The molecule has 0 unspecified atom stereocenters. The van der Waals surface area contributed by atoms with E-state index in [2.05, 4.69) is 20.5 Å². The van der Waals surface area contributed by atoms with Crippen LogP contribution < -0.4 is 14.8 Å². The van der Waals surface area contributed by atoms with Crippen LogP contribution in [0.2, 0.25) is 0 Å². The number of aromatic nitrogens is 3. The molecule has 1 aliphatic heterocycles. The molecule has 2 N–H and O–H groups in total. The molecule has 3 aromatic rings. The molecule has 0 atom stereocenters. The number of H-pyrrole nitrogens is 1. The van der Waals surface area contributed by atoms with Crippen molar-refractivity contribution in [3.63, 3.8) is 0 Å². The van der Waals surface area contributed by atoms with Gasteiger partial charge in [0.25, 0.3) is 0 Å². The fourth-order valence-corrected chi connectivity index (χ4v) is 3.40. The maximum absolute atomic E-state index is 12.4. The number of thioether (sulfide) groups is 1. The summed E-state index contributed by atoms with van der Waals surface area (Å²) in [5.74, 6) is 1.27. The number of carbonyl (C=O) groups excluding carboxylic acids is 2. The van der Waals surface area contributed by atoms with Gasteiger partial charge in [0, 0.05) is 17.2 Å². The molecular weight excluding hydrogens is 392 g/mol. The molecule has 0 spiro atoms. The van der Waals surface area contributed by atoms with Crippen LogP contribution in [0.15, 0.2) is 41.6 Å². The van der Waals surface area contributed by atoms with Crippen LogP contribution in [-0.4, -0.2) is 39.4 Å². The summed E-state index contributed by atoms with van der Waals surface area (Å²) in [6.45, 7) is 3.54. The first kappa shape index (κ1) is 19.0. The summed E-state index contributed by atoms with van der Waals surface area (Å²) in [6.07, 6.45) is 0. The molecule has 4 rings (SSSR count). The molecule has 0 saturated heterocycles. The molecule has 29 heavy (non-hydrogen) atoms. The number of nitrogens with zero attached hydrogens (tertiary/aromatic N) is 2. The lowest BCUT2D eigenvalue weighted by atomic mass is 10.1. The molecule has 0 bridgehead atoms. The normalized spacial score (nSPS) is 12.1. The van der Waals surface area contributed by atoms with Crippen molar-refractivity contribution < 1.29 is 19.1 Å². The van der Waals surface area contributed by atoms with Gasteiger partial charge < -0.3 is 14.8 Å². The molecule has 148 valence electrons. The van der Waals surface area contributed by atoms with Crippen LogP contribution in [0.4, 0.5) is 5.69 Å². The number of fused-ring (bicyclic) bond motifs is 1. The van der Waals surface area contributed by atoms with Crippen molar-refractivity contribution in [3.8, 4) is 22.9 Å². The highest BCUT2D eigenvalue weighted by Gasteiger charge is 2.20. The number of nitrogens with one attached hydrogen (secondary N) is 2. The van der Waals surface area contributed by atoms with E-state index >= 15 is 0 Å². The van der Waals surface area contributed by atoms with Gasteiger partial charge >= 0.3 is 0 Å². The molecule has 2 aromatic carbocycles. The summed E-state index contributed by atoms with van der Waals surface area (Å²) in [4.78, 5) is 28.7. The Morgan fingerprint density at radius 1 is 1.17 bits per heavy atom. The van der Waals surface area contributed by atoms with Crippen molar-refractivity contribution in [2.75, 3.05) is 17.9 Å². The van der Waals surface area contributed by atoms with Crippen LogP contribution in [0.3, 0.4) is 0 Å². The molecule has 0 aliphatic carbocycles. The Kier molecular flexibility index (Phi) is 5.22. The number of ketones is 1. The Hall–Kier alpha value is -3.33. The van der Waals surface area contributed by atoms with Gasteiger partial charge in [-0.15, -0.1) is 5.10 Å². The first-order chi connectivity index (χ1) is 14.0. The lowest BCUT2D eigenvalue weighted by molar-refractivity contribution is -0.113. The largest absolute Gasteiger partial charge is 0.454 e. The molecular formula is C20H18N4O4S. The lowest BCUT2D eigenvalue weighted by Crippen LogP contribution is -2.16. The van der Waals surface area contributed by atoms with Gasteiger partial charge in [0.05, 0.1) is 11.4 Å². The minimum atomic E-state index is -0.280. The number of ether oxygens (including phenoxy) is 2. The number of hydrogen-bond donors (Lipinski definition) is 2. The second kappa shape index (κ2) is 7.96. The van der Waals surface area contributed by atoms with E-state index in [0.29, 0.717) is 33.7 Å². The highest BCUT2D eigenvalue weighted by atomic mass is 32.2. The van der Waals surface area contributed by atoms with E-state index < -0.39 is 0 Å². The van der Waals surface area contributed by atoms with E-state index in [1.54, 1.807) is 12.1 Å². The van der Waals surface area contributed by atoms with Crippen molar-refractivity contribution in [2.24, 2.45) is 0 Å². The standard InChI is InChI=1S/C20H18N4O4S/c1-11-3-5-13(6-4-11)19-22-20(24-23-19)29-9-18(26)21-15-8-17-16(27-10-28-17)7-14(15)12(2)25/h3-8H,9-10H2,1-2H3,(H,21,26)(H,22,23,24). The zero-order valence-electron chi connectivity index (χ0n) is 15.8. The van der Waals surface area contributed by atoms with Gasteiger partial charge in [-0.25, -0.2) is 4.98 Å². The molecule has 1 aromatic heterocycles. The maximum atomic E-state index is 12.4. The molecule has 0 radical (unpaired) electrons. The van der Waals surface area contributed by atoms with Gasteiger partial charge in [-0.05, 0) is 19.9 Å². The molecule has 8 nitrogen and oxygen atoms in total. The number of aromatic amines is 1. The Balaban J connectivity index is 1.41. The summed E-state index contributed by atoms with van der Waals surface area (Å²) in [6, 6.07) is 11.1. The zero-order valence-corrected chi connectivity index (χ0v) is 16.6. The predicted octanol–water partition coefficient (Wildman–Crippen LogP) is 3.44. The summed E-state index contributed by atoms with van der Waals surface area (Å²) < 4.78 is 10.6. The first-order valence-corrected chi connectivity index (χ1v) is 9.85. The maximum Gasteiger partial charge on any atom is 0.234 e. The highest BCUT2D eigenvalue weighted by molar-refractivity contribution is 7.99. The van der Waals surface area contributed by atoms with Crippen LogP contribution in [-0.2, 0) is 4.79 Å². The topological polar surface area (TPSA) is 106 Å². The number of benzene rings is 2. The zero-order chi connectivity index (χ0) is 20.4. The fourth-order valence-electron chi connectivity index (χ4n) is 2.80. The summed E-state index contributed by atoms with van der Waals surface area (Å²) in [5.41, 5.74) is 2.84. The minimum absolute atomic E-state index is 0.0913. The lowest BCUT2D eigenvalue weighted by Gasteiger charge is -2.10. The summed E-state index contributed by atoms with van der Waals surface area (Å²) in [5, 5.41) is 10.2. The van der Waals surface area contributed by atoms with Crippen LogP contribution in [0, 0.1) is 6.92 Å². The van der Waals surface area contributed by atoms with E-state index in [9.17, 15) is 9.59 Å². The minimum Gasteiger partial charge on any atom is -0.454 e. The summed E-state index contributed by atoms with van der Waals surface area (Å²) in [7, 11) is 0. The predicted molar refractivity (Wildman–Crippen MR) is 108 cm³/mol. The second-order valence-electron chi connectivity index (χ2n) is 6.48. The molecule has 1 aliphatic rings. The number of anilines is 1. The van der Waals surface area contributed by atoms with Crippen LogP contribution in [0.5, 0.6) is 11.5 Å². The molecule has 2 heterocycles. The third-order valence-corrected chi connectivity index (χ3v) is 5.14. The molecule has 9 heteroatoms. The number of aryl methyl sites for hydroxylation is 1. The smallest absolute Gasteiger partial charge is 0.234 e. The van der Waals surface area contributed by atoms with Gasteiger partial charge in [-0.2, -0.15) is 0 Å². The quantitative estimate of drug-likeness (QED) is 0.473. The van der Waals surface area contributed by atoms with Crippen molar-refractivity contribution in [2.45, 2.75) is 19.0 Å². The van der Waals surface area contributed by atoms with E-state index in [1.807, 2.05) is 31.2 Å². The highest BCUT2D eigenvalue weighted by Crippen LogP contribution is 2.37. The third-order valence-electron chi connectivity index (χ3n) is 4.29. The number of hydrogen-bond acceptors (Lipinski definition) is 7. The van der Waals surface area contributed by atoms with Gasteiger partial charge in [0.15, 0.2) is 23.1 Å². The third kappa shape index (κ3) is 4.24. The Morgan fingerprint density at radius 3 is 2.62 bits per heavy atom. The average Bonchev–Trinajstić information content (AvgIpc) is 3.35. The van der Waals surface area contributed by atoms with Crippen LogP contribution in [0.1, 0.15) is 22.8 Å². The van der Waals surface area contributed by atoms with Gasteiger partial charge in [-0.3, -0.25) is 14.7 Å². The Bertz CT molecular complexity index is 1080. The number of rotatable bonds is 6. The van der Waals surface area contributed by atoms with Crippen LogP contribution >= 0.6 is 11.8 Å². The van der Waals surface area contributed by atoms with Crippen LogP contribution in [0.25, 0.3) is 11.4 Å². The molecule has 1 amide bonds. The van der Waals surface area contributed by atoms with E-state index in [1.165, 1.54) is 18.7 Å². The monoisotopic (exact) mass is 410 g/mol. The van der Waals surface area contributed by atoms with Gasteiger partial charge in [0.2, 0.25) is 17.9 Å². The molecule has 0 fully saturated rings. The SMILES string of the molecule is CC(=O)c1cc2c(cc1NC(=O)CSc1n[nH]c(-c3ccc(C)cc3)n1)OCO2. The Labute approximate surface area is 171 Å². The molecule has 0 saturated carbocycles. The van der Waals surface area contributed by atoms with E-state index in [0.717, 1.165) is 11.1 Å². The number of amides is 1. The number of carbonyl (C=O) groups is 2. The van der Waals surface area contributed by atoms with Crippen molar-refractivity contribution in [3.05, 3.63) is 47.5 Å².